The summed E-state index contributed by atoms with van der Waals surface area (Å²) >= 11 is 3.62. The van der Waals surface area contributed by atoms with Crippen molar-refractivity contribution in [3.8, 4) is 0 Å². The van der Waals surface area contributed by atoms with Gasteiger partial charge in [-0.15, -0.1) is 0 Å². The van der Waals surface area contributed by atoms with E-state index in [1.54, 1.807) is 0 Å². The third kappa shape index (κ3) is 4.60. The molecule has 39 heavy (non-hydrogen) atoms. The highest BCUT2D eigenvalue weighted by Crippen LogP contribution is 2.62. The standard InChI is InChI=1S/C26H30ClN3O7S2/c1-25(2)17-9-10-26(25,23(31)15-17)30(38(33)34)22-8-3-18(27)16-21(22)24(32)28-19-4-6-20(7-5-19)39(35,36)29-11-13-37-14-12-29/h3-8,16-17H,9-15H2,1-2H3,(H,28,32)(H,33,34). The quantitative estimate of drug-likeness (QED) is 0.466. The van der Waals surface area contributed by atoms with Gasteiger partial charge in [0.1, 0.15) is 5.54 Å². The van der Waals surface area contributed by atoms with Crippen LogP contribution in [0.5, 0.6) is 0 Å². The van der Waals surface area contributed by atoms with Crippen LogP contribution in [-0.4, -0.2) is 65.0 Å². The smallest absolute Gasteiger partial charge is 0.262 e. The van der Waals surface area contributed by atoms with Crippen molar-refractivity contribution in [2.24, 2.45) is 11.3 Å². The van der Waals surface area contributed by atoms with Crippen LogP contribution in [0.4, 0.5) is 11.4 Å². The summed E-state index contributed by atoms with van der Waals surface area (Å²) in [5.41, 5.74) is -1.37. The summed E-state index contributed by atoms with van der Waals surface area (Å²) in [6, 6.07) is 10.1. The molecule has 2 saturated carbocycles. The molecule has 2 aliphatic carbocycles. The Kier molecular flexibility index (Phi) is 7.40. The number of morpholine rings is 1. The average Bonchev–Trinajstić information content (AvgIpc) is 3.26. The van der Waals surface area contributed by atoms with Crippen molar-refractivity contribution in [3.63, 3.8) is 0 Å². The molecule has 5 rings (SSSR count). The molecule has 13 heteroatoms. The Hall–Kier alpha value is -2.35. The van der Waals surface area contributed by atoms with Gasteiger partial charge in [0, 0.05) is 30.2 Å². The molecule has 2 aromatic rings. The van der Waals surface area contributed by atoms with Crippen LogP contribution in [-0.2, 0) is 30.8 Å². The molecule has 0 aromatic heterocycles. The van der Waals surface area contributed by atoms with E-state index in [9.17, 15) is 26.8 Å². The van der Waals surface area contributed by atoms with Crippen LogP contribution in [0.3, 0.4) is 0 Å². The number of ether oxygens (including phenoxy) is 1. The molecule has 3 unspecified atom stereocenters. The number of benzene rings is 2. The molecule has 3 atom stereocenters. The van der Waals surface area contributed by atoms with Crippen molar-refractivity contribution < 1.29 is 31.5 Å². The molecular weight excluding hydrogens is 566 g/mol. The molecule has 2 bridgehead atoms. The number of carbonyl (C=O) groups is 2. The maximum absolute atomic E-state index is 13.5. The number of rotatable bonds is 7. The van der Waals surface area contributed by atoms with E-state index >= 15 is 0 Å². The van der Waals surface area contributed by atoms with Crippen LogP contribution in [0.15, 0.2) is 47.4 Å². The van der Waals surface area contributed by atoms with E-state index in [2.05, 4.69) is 5.32 Å². The van der Waals surface area contributed by atoms with Gasteiger partial charge < -0.3 is 10.1 Å². The second kappa shape index (κ2) is 10.2. The molecule has 210 valence electrons. The molecule has 1 saturated heterocycles. The maximum Gasteiger partial charge on any atom is 0.262 e. The van der Waals surface area contributed by atoms with Crippen LogP contribution in [0.1, 0.15) is 43.5 Å². The molecule has 2 aromatic carbocycles. The summed E-state index contributed by atoms with van der Waals surface area (Å²) in [4.78, 5) is 26.9. The molecule has 3 aliphatic rings. The number of ketones is 1. The van der Waals surface area contributed by atoms with Crippen LogP contribution < -0.4 is 9.62 Å². The van der Waals surface area contributed by atoms with E-state index in [4.69, 9.17) is 16.3 Å². The fourth-order valence-electron chi connectivity index (χ4n) is 6.26. The highest BCUT2D eigenvalue weighted by Gasteiger charge is 2.68. The third-order valence-electron chi connectivity index (χ3n) is 8.48. The number of hydrogen-bond acceptors (Lipinski definition) is 6. The molecule has 0 spiro atoms. The van der Waals surface area contributed by atoms with Crippen molar-refractivity contribution in [2.75, 3.05) is 35.9 Å². The molecule has 1 heterocycles. The zero-order chi connectivity index (χ0) is 28.2. The van der Waals surface area contributed by atoms with E-state index in [0.29, 0.717) is 31.7 Å². The molecular formula is C26H30ClN3O7S2. The molecule has 0 radical (unpaired) electrons. The van der Waals surface area contributed by atoms with E-state index < -0.39 is 38.2 Å². The number of anilines is 2. The predicted octanol–water partition coefficient (Wildman–Crippen LogP) is 3.70. The Morgan fingerprint density at radius 2 is 1.85 bits per heavy atom. The average molecular weight is 596 g/mol. The second-order valence-electron chi connectivity index (χ2n) is 10.6. The van der Waals surface area contributed by atoms with Crippen molar-refractivity contribution in [1.82, 2.24) is 4.31 Å². The largest absolute Gasteiger partial charge is 0.379 e. The highest BCUT2D eigenvalue weighted by atomic mass is 35.5. The van der Waals surface area contributed by atoms with Crippen LogP contribution in [0, 0.1) is 11.3 Å². The summed E-state index contributed by atoms with van der Waals surface area (Å²) in [6.07, 6.45) is 1.45. The van der Waals surface area contributed by atoms with Gasteiger partial charge >= 0.3 is 0 Å². The SMILES string of the molecule is CC1(C)C2CCC1(N(c1ccc(Cl)cc1C(=O)Nc1ccc(S(=O)(=O)N3CCOCC3)cc1)S(=O)O)C(=O)C2. The number of nitrogens with one attached hydrogen (secondary N) is 1. The normalized spacial score (nSPS) is 25.4. The lowest BCUT2D eigenvalue weighted by Crippen LogP contribution is -2.59. The minimum Gasteiger partial charge on any atom is -0.379 e. The lowest BCUT2D eigenvalue weighted by molar-refractivity contribution is -0.123. The lowest BCUT2D eigenvalue weighted by atomic mass is 9.75. The third-order valence-corrected chi connectivity index (χ3v) is 11.4. The minimum absolute atomic E-state index is 0.0169. The van der Waals surface area contributed by atoms with Crippen LogP contribution in [0.2, 0.25) is 5.02 Å². The zero-order valence-corrected chi connectivity index (χ0v) is 23.9. The number of sulfonamides is 1. The molecule has 1 aliphatic heterocycles. The van der Waals surface area contributed by atoms with Crippen molar-refractivity contribution in [2.45, 2.75) is 43.5 Å². The van der Waals surface area contributed by atoms with Gasteiger partial charge in [0.2, 0.25) is 10.0 Å². The second-order valence-corrected chi connectivity index (χ2v) is 13.8. The van der Waals surface area contributed by atoms with Gasteiger partial charge in [-0.3, -0.25) is 18.4 Å². The number of carbonyl (C=O) groups excluding carboxylic acids is 2. The Morgan fingerprint density at radius 1 is 1.18 bits per heavy atom. The Bertz CT molecular complexity index is 1440. The van der Waals surface area contributed by atoms with Gasteiger partial charge in [-0.1, -0.05) is 25.4 Å². The van der Waals surface area contributed by atoms with E-state index in [-0.39, 0.29) is 46.0 Å². The van der Waals surface area contributed by atoms with Crippen molar-refractivity contribution in [3.05, 3.63) is 53.1 Å². The number of halogens is 1. The monoisotopic (exact) mass is 595 g/mol. The van der Waals surface area contributed by atoms with E-state index in [1.807, 2.05) is 13.8 Å². The van der Waals surface area contributed by atoms with Gasteiger partial charge in [0.05, 0.1) is 29.4 Å². The summed E-state index contributed by atoms with van der Waals surface area (Å²) in [5, 5.41) is 2.96. The van der Waals surface area contributed by atoms with Gasteiger partial charge in [-0.25, -0.2) is 12.6 Å². The topological polar surface area (TPSA) is 133 Å². The molecule has 10 nitrogen and oxygen atoms in total. The number of fused-ring (bicyclic) bond motifs is 2. The van der Waals surface area contributed by atoms with E-state index in [1.165, 1.54) is 51.1 Å². The Morgan fingerprint density at radius 3 is 2.41 bits per heavy atom. The first-order chi connectivity index (χ1) is 18.4. The molecule has 1 amide bonds. The van der Waals surface area contributed by atoms with Gasteiger partial charge in [0.15, 0.2) is 5.78 Å². The zero-order valence-electron chi connectivity index (χ0n) is 21.6. The summed E-state index contributed by atoms with van der Waals surface area (Å²) < 4.78 is 56.9. The molecule has 2 N–H and O–H groups in total. The number of nitrogens with zero attached hydrogens (tertiary/aromatic N) is 2. The number of hydrogen-bond donors (Lipinski definition) is 2. The first kappa shape index (κ1) is 28.2. The minimum atomic E-state index is -3.70. The van der Waals surface area contributed by atoms with E-state index in [0.717, 1.165) is 6.42 Å². The van der Waals surface area contributed by atoms with Crippen LogP contribution >= 0.6 is 11.6 Å². The highest BCUT2D eigenvalue weighted by molar-refractivity contribution is 7.89. The Labute approximate surface area is 235 Å². The van der Waals surface area contributed by atoms with Gasteiger partial charge in [-0.2, -0.15) is 4.31 Å². The lowest BCUT2D eigenvalue weighted by Gasteiger charge is -2.44. The van der Waals surface area contributed by atoms with Crippen molar-refractivity contribution in [1.29, 1.82) is 0 Å². The van der Waals surface area contributed by atoms with Crippen LogP contribution in [0.25, 0.3) is 0 Å². The summed E-state index contributed by atoms with van der Waals surface area (Å²) in [7, 11) is -3.70. The van der Waals surface area contributed by atoms with Gasteiger partial charge in [0.25, 0.3) is 17.2 Å². The summed E-state index contributed by atoms with van der Waals surface area (Å²) in [6.45, 7) is 5.05. The Balaban J connectivity index is 1.46. The number of Topliss-reactive ketones (excluding diaryl/α,β-unsaturated/α-hetero) is 1. The maximum atomic E-state index is 13.5. The fraction of sp³-hybridized carbons (Fsp3) is 0.462. The van der Waals surface area contributed by atoms with Gasteiger partial charge in [-0.05, 0) is 66.6 Å². The first-order valence-corrected chi connectivity index (χ1v) is 15.5. The summed E-state index contributed by atoms with van der Waals surface area (Å²) in [5.74, 6) is -0.668. The van der Waals surface area contributed by atoms with Crippen molar-refractivity contribution >= 4 is 56.0 Å². The number of amides is 1. The fourth-order valence-corrected chi connectivity index (χ4v) is 8.87. The first-order valence-electron chi connectivity index (χ1n) is 12.6. The molecule has 3 fully saturated rings. The predicted molar refractivity (Wildman–Crippen MR) is 148 cm³/mol.